The third-order valence-electron chi connectivity index (χ3n) is 1.50. The highest BCUT2D eigenvalue weighted by atomic mass is 32.1. The van der Waals surface area contributed by atoms with E-state index in [0.717, 1.165) is 19.6 Å². The number of hydrogen-bond acceptors (Lipinski definition) is 4. The number of nitrogens with zero attached hydrogens (tertiary/aromatic N) is 1. The lowest BCUT2D eigenvalue weighted by Crippen LogP contribution is -2.49. The number of nitrogens with one attached hydrogen (secondary N) is 3. The van der Waals surface area contributed by atoms with Crippen LogP contribution in [-0.2, 0) is 0 Å². The zero-order valence-electron chi connectivity index (χ0n) is 6.71. The first-order chi connectivity index (χ1) is 5.79. The monoisotopic (exact) mass is 187 g/mol. The van der Waals surface area contributed by atoms with Crippen molar-refractivity contribution in [3.05, 3.63) is 0 Å². The van der Waals surface area contributed by atoms with Crippen LogP contribution in [0.1, 0.15) is 0 Å². The van der Waals surface area contributed by atoms with Gasteiger partial charge in [-0.05, 0) is 12.2 Å². The minimum atomic E-state index is 0.190. The minimum Gasteiger partial charge on any atom is -0.375 e. The largest absolute Gasteiger partial charge is 0.375 e. The van der Waals surface area contributed by atoms with Crippen LogP contribution in [-0.4, -0.2) is 37.0 Å². The van der Waals surface area contributed by atoms with Crippen LogP contribution >= 0.6 is 12.2 Å². The summed E-state index contributed by atoms with van der Waals surface area (Å²) in [5.41, 5.74) is 7.68. The molecule has 0 aromatic rings. The number of hydrogen-bond donors (Lipinski definition) is 4. The van der Waals surface area contributed by atoms with Gasteiger partial charge in [-0.1, -0.05) is 0 Å². The molecule has 1 aliphatic rings. The van der Waals surface area contributed by atoms with Crippen molar-refractivity contribution < 1.29 is 0 Å². The molecular weight excluding hydrogens is 174 g/mol. The Hall–Kier alpha value is -0.720. The van der Waals surface area contributed by atoms with E-state index in [0.29, 0.717) is 0 Å². The van der Waals surface area contributed by atoms with Gasteiger partial charge in [0.05, 0.1) is 6.04 Å². The summed E-state index contributed by atoms with van der Waals surface area (Å²) in [5.74, 6) is 0. The summed E-state index contributed by atoms with van der Waals surface area (Å²) in [4.78, 5) is 0. The van der Waals surface area contributed by atoms with Crippen LogP contribution in [0.5, 0.6) is 0 Å². The van der Waals surface area contributed by atoms with Crippen LogP contribution in [0.3, 0.4) is 0 Å². The second-order valence-electron chi connectivity index (χ2n) is 2.52. The smallest absolute Gasteiger partial charge is 0.184 e. The molecule has 6 heteroatoms. The second-order valence-corrected chi connectivity index (χ2v) is 2.96. The van der Waals surface area contributed by atoms with E-state index in [1.54, 1.807) is 6.21 Å². The number of piperazine rings is 1. The Morgan fingerprint density at radius 2 is 2.50 bits per heavy atom. The quantitative estimate of drug-likeness (QED) is 0.237. The maximum Gasteiger partial charge on any atom is 0.184 e. The molecule has 0 aromatic heterocycles. The summed E-state index contributed by atoms with van der Waals surface area (Å²) in [6.07, 6.45) is 1.76. The molecule has 1 rings (SSSR count). The minimum absolute atomic E-state index is 0.190. The van der Waals surface area contributed by atoms with Crippen LogP contribution in [0.25, 0.3) is 0 Å². The van der Waals surface area contributed by atoms with Gasteiger partial charge in [0, 0.05) is 25.8 Å². The predicted molar refractivity (Wildman–Crippen MR) is 53.1 cm³/mol. The van der Waals surface area contributed by atoms with E-state index < -0.39 is 0 Å². The summed E-state index contributed by atoms with van der Waals surface area (Å²) >= 11 is 4.58. The lowest BCUT2D eigenvalue weighted by molar-refractivity contribution is 0.491. The van der Waals surface area contributed by atoms with Gasteiger partial charge in [-0.15, -0.1) is 0 Å². The van der Waals surface area contributed by atoms with E-state index in [9.17, 15) is 0 Å². The average molecular weight is 187 g/mol. The fourth-order valence-corrected chi connectivity index (χ4v) is 1.02. The number of hydrazone groups is 1. The SMILES string of the molecule is NC(=S)NN=CC1CNCCN1. The van der Waals surface area contributed by atoms with E-state index in [2.05, 4.69) is 33.4 Å². The van der Waals surface area contributed by atoms with Gasteiger partial charge < -0.3 is 16.4 Å². The van der Waals surface area contributed by atoms with Crippen molar-refractivity contribution in [1.82, 2.24) is 16.1 Å². The van der Waals surface area contributed by atoms with Crippen molar-refractivity contribution in [3.63, 3.8) is 0 Å². The van der Waals surface area contributed by atoms with E-state index in [4.69, 9.17) is 5.73 Å². The van der Waals surface area contributed by atoms with E-state index in [1.165, 1.54) is 0 Å². The summed E-state index contributed by atoms with van der Waals surface area (Å²) in [6, 6.07) is 0.264. The van der Waals surface area contributed by atoms with Crippen molar-refractivity contribution in [2.24, 2.45) is 10.8 Å². The molecule has 1 heterocycles. The van der Waals surface area contributed by atoms with Crippen molar-refractivity contribution in [2.45, 2.75) is 6.04 Å². The summed E-state index contributed by atoms with van der Waals surface area (Å²) in [6.45, 7) is 2.86. The summed E-state index contributed by atoms with van der Waals surface area (Å²) in [7, 11) is 0. The Balaban J connectivity index is 2.19. The zero-order valence-corrected chi connectivity index (χ0v) is 7.53. The Morgan fingerprint density at radius 3 is 3.08 bits per heavy atom. The maximum atomic E-state index is 5.18. The first-order valence-corrected chi connectivity index (χ1v) is 4.22. The normalized spacial score (nSPS) is 24.2. The standard InChI is InChI=1S/C6H13N5S/c7-6(12)11-10-4-5-3-8-1-2-9-5/h4-5,8-9H,1-3H2,(H3,7,11,12). The van der Waals surface area contributed by atoms with Crippen molar-refractivity contribution in [3.8, 4) is 0 Å². The molecule has 1 atom stereocenters. The molecule has 1 aliphatic heterocycles. The summed E-state index contributed by atoms with van der Waals surface area (Å²) < 4.78 is 0. The highest BCUT2D eigenvalue weighted by molar-refractivity contribution is 7.80. The van der Waals surface area contributed by atoms with Gasteiger partial charge in [0.25, 0.3) is 0 Å². The molecule has 0 aromatic carbocycles. The van der Waals surface area contributed by atoms with Gasteiger partial charge >= 0.3 is 0 Å². The molecule has 0 saturated carbocycles. The molecule has 0 radical (unpaired) electrons. The third kappa shape index (κ3) is 3.61. The number of rotatable bonds is 2. The fourth-order valence-electron chi connectivity index (χ4n) is 0.972. The highest BCUT2D eigenvalue weighted by Gasteiger charge is 2.07. The molecule has 0 aliphatic carbocycles. The molecule has 1 fully saturated rings. The second kappa shape index (κ2) is 5.02. The van der Waals surface area contributed by atoms with Crippen LogP contribution in [0.2, 0.25) is 0 Å². The fraction of sp³-hybridized carbons (Fsp3) is 0.667. The molecule has 0 amide bonds. The molecule has 0 spiro atoms. The third-order valence-corrected chi connectivity index (χ3v) is 1.59. The van der Waals surface area contributed by atoms with Crippen LogP contribution in [0.4, 0.5) is 0 Å². The van der Waals surface area contributed by atoms with Crippen molar-refractivity contribution in [2.75, 3.05) is 19.6 Å². The molecule has 0 bridgehead atoms. The van der Waals surface area contributed by atoms with Crippen molar-refractivity contribution in [1.29, 1.82) is 0 Å². The van der Waals surface area contributed by atoms with Gasteiger partial charge in [0.2, 0.25) is 0 Å². The first-order valence-electron chi connectivity index (χ1n) is 3.82. The zero-order chi connectivity index (χ0) is 8.81. The van der Waals surface area contributed by atoms with E-state index in [1.807, 2.05) is 0 Å². The van der Waals surface area contributed by atoms with E-state index >= 15 is 0 Å². The molecule has 5 nitrogen and oxygen atoms in total. The van der Waals surface area contributed by atoms with Crippen LogP contribution in [0, 0.1) is 0 Å². The topological polar surface area (TPSA) is 74.5 Å². The molecule has 1 unspecified atom stereocenters. The Kier molecular flexibility index (Phi) is 3.92. The van der Waals surface area contributed by atoms with Gasteiger partial charge in [0.1, 0.15) is 0 Å². The first kappa shape index (κ1) is 9.37. The number of nitrogens with two attached hydrogens (primary N) is 1. The molecule has 68 valence electrons. The maximum absolute atomic E-state index is 5.18. The predicted octanol–water partition coefficient (Wildman–Crippen LogP) is -1.63. The molecular formula is C6H13N5S. The lowest BCUT2D eigenvalue weighted by Gasteiger charge is -2.20. The van der Waals surface area contributed by atoms with Crippen molar-refractivity contribution >= 4 is 23.5 Å². The average Bonchev–Trinajstić information content (AvgIpc) is 2.05. The van der Waals surface area contributed by atoms with Gasteiger partial charge in [0.15, 0.2) is 5.11 Å². The molecule has 5 N–H and O–H groups in total. The van der Waals surface area contributed by atoms with Gasteiger partial charge in [-0.25, -0.2) is 0 Å². The Bertz CT molecular complexity index is 175. The van der Waals surface area contributed by atoms with Gasteiger partial charge in [-0.2, -0.15) is 5.10 Å². The van der Waals surface area contributed by atoms with Gasteiger partial charge in [-0.3, -0.25) is 5.43 Å². The van der Waals surface area contributed by atoms with Crippen LogP contribution in [0.15, 0.2) is 5.10 Å². The summed E-state index contributed by atoms with van der Waals surface area (Å²) in [5, 5.41) is 10.5. The van der Waals surface area contributed by atoms with E-state index in [-0.39, 0.29) is 11.2 Å². The molecule has 12 heavy (non-hydrogen) atoms. The Morgan fingerprint density at radius 1 is 1.67 bits per heavy atom. The lowest BCUT2D eigenvalue weighted by atomic mass is 10.2. The number of thiocarbonyl (C=S) groups is 1. The highest BCUT2D eigenvalue weighted by Crippen LogP contribution is 1.81. The molecule has 1 saturated heterocycles. The Labute approximate surface area is 76.8 Å². The van der Waals surface area contributed by atoms with Crippen LogP contribution < -0.4 is 21.8 Å².